The second-order valence-corrected chi connectivity index (χ2v) is 5.82. The van der Waals surface area contributed by atoms with Crippen molar-refractivity contribution < 1.29 is 4.79 Å². The van der Waals surface area contributed by atoms with E-state index in [-0.39, 0.29) is 30.7 Å². The smallest absolute Gasteiger partial charge is 0.220 e. The Morgan fingerprint density at radius 3 is 2.52 bits per heavy atom. The molecule has 0 saturated carbocycles. The number of carbonyl (C=O) groups is 1. The van der Waals surface area contributed by atoms with Gasteiger partial charge in [-0.2, -0.15) is 0 Å². The monoisotopic (exact) mass is 341 g/mol. The lowest BCUT2D eigenvalue weighted by Crippen LogP contribution is -2.37. The Morgan fingerprint density at radius 1 is 1.33 bits per heavy atom. The number of hydrogen-bond acceptors (Lipinski definition) is 3. The minimum absolute atomic E-state index is 0. The zero-order chi connectivity index (χ0) is 14.1. The summed E-state index contributed by atoms with van der Waals surface area (Å²) in [5, 5.41) is 6.39. The summed E-state index contributed by atoms with van der Waals surface area (Å²) in [5.74, 6) is 0.964. The van der Waals surface area contributed by atoms with E-state index in [1.807, 2.05) is 0 Å². The summed E-state index contributed by atoms with van der Waals surface area (Å²) in [4.78, 5) is 14.1. The number of likely N-dealkylation sites (N-methyl/N-ethyl adjacent to an activating group) is 1. The van der Waals surface area contributed by atoms with Crippen molar-refractivity contribution in [2.45, 2.75) is 52.0 Å². The Kier molecular flexibility index (Phi) is 15.1. The van der Waals surface area contributed by atoms with Crippen LogP contribution in [-0.2, 0) is 4.79 Å². The molecule has 1 atom stereocenters. The van der Waals surface area contributed by atoms with Crippen molar-refractivity contribution >= 4 is 30.7 Å². The fourth-order valence-electron chi connectivity index (χ4n) is 2.50. The van der Waals surface area contributed by atoms with Crippen molar-refractivity contribution in [2.24, 2.45) is 5.92 Å². The minimum Gasteiger partial charge on any atom is -0.355 e. The molecule has 4 nitrogen and oxygen atoms in total. The van der Waals surface area contributed by atoms with Crippen molar-refractivity contribution in [3.05, 3.63) is 0 Å². The molecule has 0 bridgehead atoms. The summed E-state index contributed by atoms with van der Waals surface area (Å²) >= 11 is 0. The van der Waals surface area contributed by atoms with Crippen molar-refractivity contribution in [3.63, 3.8) is 0 Å². The van der Waals surface area contributed by atoms with Gasteiger partial charge in [0.05, 0.1) is 0 Å². The molecule has 1 heterocycles. The number of amides is 1. The van der Waals surface area contributed by atoms with Crippen LogP contribution < -0.4 is 10.6 Å². The summed E-state index contributed by atoms with van der Waals surface area (Å²) in [5.41, 5.74) is 0. The van der Waals surface area contributed by atoms with Crippen LogP contribution >= 0.6 is 24.8 Å². The number of halogens is 2. The van der Waals surface area contributed by atoms with Gasteiger partial charge in [0.1, 0.15) is 0 Å². The quantitative estimate of drug-likeness (QED) is 0.712. The highest BCUT2D eigenvalue weighted by Crippen LogP contribution is 2.17. The third-order valence-electron chi connectivity index (χ3n) is 4.37. The average Bonchev–Trinajstić information content (AvgIpc) is 2.45. The van der Waals surface area contributed by atoms with E-state index in [0.29, 0.717) is 12.5 Å². The van der Waals surface area contributed by atoms with E-state index in [1.165, 1.54) is 12.8 Å². The van der Waals surface area contributed by atoms with E-state index in [2.05, 4.69) is 36.4 Å². The Balaban J connectivity index is 0. The number of nitrogens with one attached hydrogen (secondary N) is 2. The number of piperidine rings is 1. The molecule has 1 aliphatic rings. The highest BCUT2D eigenvalue weighted by molar-refractivity contribution is 5.85. The van der Waals surface area contributed by atoms with Crippen molar-refractivity contribution in [1.82, 2.24) is 15.5 Å². The van der Waals surface area contributed by atoms with Gasteiger partial charge in [0, 0.05) is 25.6 Å². The molecular formula is C15H33Cl2N3O. The molecule has 1 rings (SSSR count). The number of rotatable bonds is 8. The zero-order valence-electron chi connectivity index (χ0n) is 13.7. The first-order valence-electron chi connectivity index (χ1n) is 7.81. The van der Waals surface area contributed by atoms with Gasteiger partial charge in [-0.3, -0.25) is 4.79 Å². The first-order chi connectivity index (χ1) is 9.13. The molecule has 0 radical (unpaired) electrons. The molecule has 6 heteroatoms. The first kappa shape index (κ1) is 23.2. The Hall–Kier alpha value is -0.0300. The fraction of sp³-hybridized carbons (Fsp3) is 0.933. The largest absolute Gasteiger partial charge is 0.355 e. The van der Waals surface area contributed by atoms with Crippen LogP contribution in [0.5, 0.6) is 0 Å². The van der Waals surface area contributed by atoms with Gasteiger partial charge in [0.15, 0.2) is 0 Å². The molecular weight excluding hydrogens is 309 g/mol. The molecule has 0 spiro atoms. The van der Waals surface area contributed by atoms with Crippen LogP contribution in [0.3, 0.4) is 0 Å². The maximum Gasteiger partial charge on any atom is 0.220 e. The van der Waals surface area contributed by atoms with Crippen LogP contribution in [0.1, 0.15) is 46.0 Å². The van der Waals surface area contributed by atoms with Gasteiger partial charge >= 0.3 is 0 Å². The molecule has 0 aromatic carbocycles. The average molecular weight is 342 g/mol. The third kappa shape index (κ3) is 10.3. The summed E-state index contributed by atoms with van der Waals surface area (Å²) in [6, 6.07) is 0.589. The number of hydrogen-bond donors (Lipinski definition) is 2. The van der Waals surface area contributed by atoms with Gasteiger partial charge in [0.2, 0.25) is 5.91 Å². The number of carbonyl (C=O) groups excluding carboxylic acids is 1. The van der Waals surface area contributed by atoms with Crippen LogP contribution in [0.25, 0.3) is 0 Å². The Morgan fingerprint density at radius 2 is 1.95 bits per heavy atom. The molecule has 0 aromatic heterocycles. The van der Waals surface area contributed by atoms with Crippen LogP contribution in [0.4, 0.5) is 0 Å². The van der Waals surface area contributed by atoms with E-state index < -0.39 is 0 Å². The van der Waals surface area contributed by atoms with Gasteiger partial charge in [-0.25, -0.2) is 0 Å². The van der Waals surface area contributed by atoms with Crippen molar-refractivity contribution in [1.29, 1.82) is 0 Å². The summed E-state index contributed by atoms with van der Waals surface area (Å²) in [7, 11) is 2.12. The van der Waals surface area contributed by atoms with Gasteiger partial charge in [0.25, 0.3) is 0 Å². The SMILES string of the molecule is CCC(C)N(C)CCNC(=O)CCC1CCNCC1.Cl.Cl. The van der Waals surface area contributed by atoms with Crippen LogP contribution in [0.15, 0.2) is 0 Å². The van der Waals surface area contributed by atoms with E-state index in [0.717, 1.165) is 44.9 Å². The van der Waals surface area contributed by atoms with Gasteiger partial charge in [-0.15, -0.1) is 24.8 Å². The molecule has 0 aromatic rings. The van der Waals surface area contributed by atoms with Gasteiger partial charge < -0.3 is 15.5 Å². The maximum absolute atomic E-state index is 11.8. The number of nitrogens with zero attached hydrogens (tertiary/aromatic N) is 1. The first-order valence-corrected chi connectivity index (χ1v) is 7.81. The lowest BCUT2D eigenvalue weighted by atomic mass is 9.93. The second-order valence-electron chi connectivity index (χ2n) is 5.82. The molecule has 1 unspecified atom stereocenters. The van der Waals surface area contributed by atoms with E-state index in [1.54, 1.807) is 0 Å². The lowest BCUT2D eigenvalue weighted by Gasteiger charge is -2.24. The van der Waals surface area contributed by atoms with Crippen LogP contribution in [0, 0.1) is 5.92 Å². The summed E-state index contributed by atoms with van der Waals surface area (Å²) < 4.78 is 0. The normalized spacial score (nSPS) is 16.8. The third-order valence-corrected chi connectivity index (χ3v) is 4.37. The molecule has 1 amide bonds. The Labute approximate surface area is 142 Å². The summed E-state index contributed by atoms with van der Waals surface area (Å²) in [6.45, 7) is 8.36. The van der Waals surface area contributed by atoms with Crippen LogP contribution in [0.2, 0.25) is 0 Å². The van der Waals surface area contributed by atoms with Gasteiger partial charge in [-0.1, -0.05) is 6.92 Å². The molecule has 0 aliphatic carbocycles. The van der Waals surface area contributed by atoms with E-state index in [4.69, 9.17) is 0 Å². The highest BCUT2D eigenvalue weighted by Gasteiger charge is 2.14. The maximum atomic E-state index is 11.8. The van der Waals surface area contributed by atoms with Gasteiger partial charge in [-0.05, 0) is 58.7 Å². The standard InChI is InChI=1S/C15H31N3O.2ClH/c1-4-13(2)18(3)12-11-17-15(19)6-5-14-7-9-16-10-8-14;;/h13-14,16H,4-12H2,1-3H3,(H,17,19);2*1H. The summed E-state index contributed by atoms with van der Waals surface area (Å²) in [6.07, 6.45) is 5.35. The van der Waals surface area contributed by atoms with Crippen molar-refractivity contribution in [3.8, 4) is 0 Å². The molecule has 1 fully saturated rings. The molecule has 1 aliphatic heterocycles. The second kappa shape index (κ2) is 13.6. The van der Waals surface area contributed by atoms with Crippen molar-refractivity contribution in [2.75, 3.05) is 33.2 Å². The molecule has 1 saturated heterocycles. The lowest BCUT2D eigenvalue weighted by molar-refractivity contribution is -0.121. The predicted molar refractivity (Wildman–Crippen MR) is 94.7 cm³/mol. The molecule has 128 valence electrons. The highest BCUT2D eigenvalue weighted by atomic mass is 35.5. The molecule has 2 N–H and O–H groups in total. The van der Waals surface area contributed by atoms with E-state index in [9.17, 15) is 4.79 Å². The predicted octanol–water partition coefficient (Wildman–Crippen LogP) is 2.46. The van der Waals surface area contributed by atoms with E-state index >= 15 is 0 Å². The Bertz CT molecular complexity index is 261. The zero-order valence-corrected chi connectivity index (χ0v) is 15.3. The molecule has 21 heavy (non-hydrogen) atoms. The van der Waals surface area contributed by atoms with Crippen LogP contribution in [-0.4, -0.2) is 50.1 Å². The topological polar surface area (TPSA) is 44.4 Å². The minimum atomic E-state index is 0. The fourth-order valence-corrected chi connectivity index (χ4v) is 2.50.